The number of rotatable bonds is 6. The second kappa shape index (κ2) is 6.53. The maximum Gasteiger partial charge on any atom is 0.306 e. The van der Waals surface area contributed by atoms with Gasteiger partial charge < -0.3 is 14.9 Å². The molecule has 0 radical (unpaired) electrons. The summed E-state index contributed by atoms with van der Waals surface area (Å²) in [5, 5.41) is 19.8. The normalized spacial score (nSPS) is 35.6. The highest BCUT2D eigenvalue weighted by molar-refractivity contribution is 5.72. The van der Waals surface area contributed by atoms with E-state index in [1.807, 2.05) is 6.08 Å². The SMILES string of the molecule is CCCCCC(O)/C=C/C1C(O)CC2OC(=O)CC21. The molecule has 108 valence electrons. The number of ether oxygens (including phenoxy) is 1. The summed E-state index contributed by atoms with van der Waals surface area (Å²) in [6.07, 6.45) is 7.58. The van der Waals surface area contributed by atoms with Crippen molar-refractivity contribution < 1.29 is 19.7 Å². The Kier molecular flexibility index (Phi) is 4.99. The smallest absolute Gasteiger partial charge is 0.306 e. The van der Waals surface area contributed by atoms with Gasteiger partial charge in [0.25, 0.3) is 0 Å². The van der Waals surface area contributed by atoms with Crippen molar-refractivity contribution in [3.05, 3.63) is 12.2 Å². The molecule has 1 saturated heterocycles. The van der Waals surface area contributed by atoms with E-state index < -0.39 is 12.2 Å². The highest BCUT2D eigenvalue weighted by atomic mass is 16.6. The predicted molar refractivity (Wildman–Crippen MR) is 71.4 cm³/mol. The number of hydrogen-bond acceptors (Lipinski definition) is 4. The van der Waals surface area contributed by atoms with Crippen LogP contribution in [0.15, 0.2) is 12.2 Å². The molecular weight excluding hydrogens is 244 g/mol. The predicted octanol–water partition coefficient (Wildman–Crippen LogP) is 1.80. The number of aliphatic hydroxyl groups excluding tert-OH is 2. The largest absolute Gasteiger partial charge is 0.462 e. The standard InChI is InChI=1S/C15H24O4/c1-2-3-4-5-10(16)6-7-11-12-8-15(18)19-14(12)9-13(11)17/h6-7,10-14,16-17H,2-5,8-9H2,1H3/b7-6+. The summed E-state index contributed by atoms with van der Waals surface area (Å²) in [6.45, 7) is 2.13. The van der Waals surface area contributed by atoms with E-state index in [1.54, 1.807) is 6.08 Å². The summed E-state index contributed by atoms with van der Waals surface area (Å²) in [5.41, 5.74) is 0. The minimum Gasteiger partial charge on any atom is -0.462 e. The van der Waals surface area contributed by atoms with Crippen LogP contribution in [0.2, 0.25) is 0 Å². The average molecular weight is 268 g/mol. The van der Waals surface area contributed by atoms with E-state index >= 15 is 0 Å². The van der Waals surface area contributed by atoms with Crippen LogP contribution < -0.4 is 0 Å². The minimum atomic E-state index is -0.456. The number of esters is 1. The highest BCUT2D eigenvalue weighted by Gasteiger charge is 2.48. The van der Waals surface area contributed by atoms with Gasteiger partial charge in [0, 0.05) is 18.3 Å². The van der Waals surface area contributed by atoms with Gasteiger partial charge in [-0.3, -0.25) is 4.79 Å². The van der Waals surface area contributed by atoms with Crippen LogP contribution in [-0.4, -0.2) is 34.5 Å². The summed E-state index contributed by atoms with van der Waals surface area (Å²) >= 11 is 0. The lowest BCUT2D eigenvalue weighted by Gasteiger charge is -2.15. The molecule has 19 heavy (non-hydrogen) atoms. The van der Waals surface area contributed by atoms with Crippen molar-refractivity contribution in [2.75, 3.05) is 0 Å². The Hall–Kier alpha value is -0.870. The molecule has 2 N–H and O–H groups in total. The second-order valence-corrected chi connectivity index (χ2v) is 5.72. The molecule has 0 bridgehead atoms. The van der Waals surface area contributed by atoms with Gasteiger partial charge in [0.05, 0.1) is 18.6 Å². The molecule has 0 aromatic heterocycles. The van der Waals surface area contributed by atoms with Crippen molar-refractivity contribution >= 4 is 5.97 Å². The Morgan fingerprint density at radius 3 is 3.00 bits per heavy atom. The number of carbonyl (C=O) groups excluding carboxylic acids is 1. The molecule has 5 unspecified atom stereocenters. The van der Waals surface area contributed by atoms with Gasteiger partial charge in [-0.25, -0.2) is 0 Å². The van der Waals surface area contributed by atoms with Crippen molar-refractivity contribution in [3.8, 4) is 0 Å². The molecule has 2 fully saturated rings. The van der Waals surface area contributed by atoms with Gasteiger partial charge >= 0.3 is 5.97 Å². The van der Waals surface area contributed by atoms with E-state index in [2.05, 4.69) is 6.92 Å². The van der Waals surface area contributed by atoms with Crippen LogP contribution in [0, 0.1) is 11.8 Å². The molecule has 5 atom stereocenters. The van der Waals surface area contributed by atoms with Crippen molar-refractivity contribution in [1.82, 2.24) is 0 Å². The maximum atomic E-state index is 11.2. The molecule has 2 rings (SSSR count). The maximum absolute atomic E-state index is 11.2. The van der Waals surface area contributed by atoms with Crippen LogP contribution in [0.5, 0.6) is 0 Å². The molecule has 1 saturated carbocycles. The lowest BCUT2D eigenvalue weighted by molar-refractivity contribution is -0.141. The number of aliphatic hydroxyl groups is 2. The van der Waals surface area contributed by atoms with Crippen LogP contribution in [0.4, 0.5) is 0 Å². The Balaban J connectivity index is 1.85. The molecule has 0 spiro atoms. The van der Waals surface area contributed by atoms with E-state index in [0.29, 0.717) is 12.8 Å². The number of unbranched alkanes of at least 4 members (excludes halogenated alkanes) is 2. The Labute approximate surface area is 114 Å². The first-order chi connectivity index (χ1) is 9.11. The van der Waals surface area contributed by atoms with Crippen LogP contribution >= 0.6 is 0 Å². The zero-order chi connectivity index (χ0) is 13.8. The van der Waals surface area contributed by atoms with Crippen LogP contribution in [-0.2, 0) is 9.53 Å². The molecule has 0 aromatic rings. The Bertz CT molecular complexity index is 339. The lowest BCUT2D eigenvalue weighted by Crippen LogP contribution is -2.18. The van der Waals surface area contributed by atoms with E-state index in [4.69, 9.17) is 4.74 Å². The first-order valence-electron chi connectivity index (χ1n) is 7.35. The Morgan fingerprint density at radius 2 is 2.26 bits per heavy atom. The quantitative estimate of drug-likeness (QED) is 0.438. The monoisotopic (exact) mass is 268 g/mol. The lowest BCUT2D eigenvalue weighted by atomic mass is 9.91. The zero-order valence-electron chi connectivity index (χ0n) is 11.5. The molecular formula is C15H24O4. The zero-order valence-corrected chi connectivity index (χ0v) is 11.5. The third-order valence-electron chi connectivity index (χ3n) is 4.23. The highest BCUT2D eigenvalue weighted by Crippen LogP contribution is 2.42. The molecule has 1 heterocycles. The van der Waals surface area contributed by atoms with Crippen LogP contribution in [0.25, 0.3) is 0 Å². The number of fused-ring (bicyclic) bond motifs is 1. The molecule has 4 heteroatoms. The number of carbonyl (C=O) groups is 1. The van der Waals surface area contributed by atoms with Gasteiger partial charge in [-0.15, -0.1) is 0 Å². The average Bonchev–Trinajstić information content (AvgIpc) is 2.82. The van der Waals surface area contributed by atoms with E-state index in [9.17, 15) is 15.0 Å². The van der Waals surface area contributed by atoms with Gasteiger partial charge in [0.1, 0.15) is 6.10 Å². The van der Waals surface area contributed by atoms with E-state index in [1.165, 1.54) is 0 Å². The van der Waals surface area contributed by atoms with Crippen molar-refractivity contribution in [2.45, 2.75) is 63.8 Å². The topological polar surface area (TPSA) is 66.8 Å². The van der Waals surface area contributed by atoms with Gasteiger partial charge in [0.15, 0.2) is 0 Å². The van der Waals surface area contributed by atoms with Gasteiger partial charge in [-0.1, -0.05) is 38.3 Å². The second-order valence-electron chi connectivity index (χ2n) is 5.72. The van der Waals surface area contributed by atoms with Crippen molar-refractivity contribution in [1.29, 1.82) is 0 Å². The third-order valence-corrected chi connectivity index (χ3v) is 4.23. The fourth-order valence-electron chi connectivity index (χ4n) is 3.14. The van der Waals surface area contributed by atoms with Crippen LogP contribution in [0.3, 0.4) is 0 Å². The van der Waals surface area contributed by atoms with Crippen molar-refractivity contribution in [3.63, 3.8) is 0 Å². The molecule has 0 aromatic carbocycles. The summed E-state index contributed by atoms with van der Waals surface area (Å²) < 4.78 is 5.18. The summed E-state index contributed by atoms with van der Waals surface area (Å²) in [5.74, 6) is -0.136. The van der Waals surface area contributed by atoms with Gasteiger partial charge in [-0.2, -0.15) is 0 Å². The molecule has 1 aliphatic heterocycles. The number of hydrogen-bond donors (Lipinski definition) is 2. The summed E-state index contributed by atoms with van der Waals surface area (Å²) in [4.78, 5) is 11.2. The summed E-state index contributed by atoms with van der Waals surface area (Å²) in [6, 6.07) is 0. The molecule has 0 amide bonds. The fourth-order valence-corrected chi connectivity index (χ4v) is 3.14. The third kappa shape index (κ3) is 3.57. The van der Waals surface area contributed by atoms with Crippen molar-refractivity contribution in [2.24, 2.45) is 11.8 Å². The van der Waals surface area contributed by atoms with E-state index in [0.717, 1.165) is 25.7 Å². The van der Waals surface area contributed by atoms with Crippen LogP contribution in [0.1, 0.15) is 45.4 Å². The first kappa shape index (κ1) is 14.5. The summed E-state index contributed by atoms with van der Waals surface area (Å²) in [7, 11) is 0. The van der Waals surface area contributed by atoms with E-state index in [-0.39, 0.29) is 23.9 Å². The minimum absolute atomic E-state index is 0.0581. The molecule has 2 aliphatic rings. The Morgan fingerprint density at radius 1 is 1.47 bits per heavy atom. The molecule has 1 aliphatic carbocycles. The van der Waals surface area contributed by atoms with Gasteiger partial charge in [0.2, 0.25) is 0 Å². The first-order valence-corrected chi connectivity index (χ1v) is 7.35. The fraction of sp³-hybridized carbons (Fsp3) is 0.800. The van der Waals surface area contributed by atoms with Gasteiger partial charge in [-0.05, 0) is 6.42 Å². The molecule has 4 nitrogen and oxygen atoms in total.